The van der Waals surface area contributed by atoms with E-state index in [0.29, 0.717) is 19.0 Å². The first-order valence-corrected chi connectivity index (χ1v) is 5.81. The summed E-state index contributed by atoms with van der Waals surface area (Å²) < 4.78 is 10.2. The number of hydrogen-bond acceptors (Lipinski definition) is 4. The molecule has 18 heavy (non-hydrogen) atoms. The molecule has 1 aromatic carbocycles. The second-order valence-electron chi connectivity index (χ2n) is 4.70. The van der Waals surface area contributed by atoms with Crippen LogP contribution in [0.25, 0.3) is 0 Å². The van der Waals surface area contributed by atoms with Gasteiger partial charge in [0.15, 0.2) is 0 Å². The predicted octanol–water partition coefficient (Wildman–Crippen LogP) is 1.31. The molecular formula is C13H17NO4. The molecule has 2 N–H and O–H groups in total. The minimum absolute atomic E-state index is 0.0886. The molecule has 5 heteroatoms. The maximum atomic E-state index is 12.1. The molecule has 0 saturated carbocycles. The zero-order valence-corrected chi connectivity index (χ0v) is 10.5. The number of amides is 1. The van der Waals surface area contributed by atoms with Crippen LogP contribution < -0.4 is 10.1 Å². The zero-order chi connectivity index (χ0) is 13.2. The molecule has 0 spiro atoms. The second-order valence-corrected chi connectivity index (χ2v) is 4.70. The molecule has 1 heterocycles. The van der Waals surface area contributed by atoms with E-state index in [1.807, 2.05) is 6.92 Å². The van der Waals surface area contributed by atoms with Crippen LogP contribution in [0, 0.1) is 0 Å². The lowest BCUT2D eigenvalue weighted by atomic mass is 10.0. The largest absolute Gasteiger partial charge is 0.507 e. The van der Waals surface area contributed by atoms with Crippen LogP contribution in [-0.2, 0) is 4.74 Å². The lowest BCUT2D eigenvalue weighted by Gasteiger charge is -2.23. The summed E-state index contributed by atoms with van der Waals surface area (Å²) in [5, 5.41) is 12.7. The fourth-order valence-electron chi connectivity index (χ4n) is 1.94. The van der Waals surface area contributed by atoms with E-state index in [1.165, 1.54) is 13.2 Å². The van der Waals surface area contributed by atoms with Crippen molar-refractivity contribution < 1.29 is 19.4 Å². The van der Waals surface area contributed by atoms with Crippen molar-refractivity contribution in [2.75, 3.05) is 20.3 Å². The number of methoxy groups -OCH3 is 1. The van der Waals surface area contributed by atoms with E-state index in [-0.39, 0.29) is 22.8 Å². The molecule has 1 atom stereocenters. The number of phenolic OH excluding ortho intramolecular Hbond substituents is 1. The topological polar surface area (TPSA) is 67.8 Å². The first kappa shape index (κ1) is 12.7. The Labute approximate surface area is 106 Å². The van der Waals surface area contributed by atoms with Gasteiger partial charge in [-0.25, -0.2) is 0 Å². The normalized spacial score (nSPS) is 22.8. The van der Waals surface area contributed by atoms with Crippen LogP contribution in [0.2, 0.25) is 0 Å². The summed E-state index contributed by atoms with van der Waals surface area (Å²) in [6.07, 6.45) is 0.773. The number of ether oxygens (including phenoxy) is 2. The van der Waals surface area contributed by atoms with E-state index < -0.39 is 0 Å². The van der Waals surface area contributed by atoms with Crippen molar-refractivity contribution in [3.8, 4) is 11.5 Å². The van der Waals surface area contributed by atoms with E-state index in [9.17, 15) is 9.90 Å². The third kappa shape index (κ3) is 2.56. The molecule has 2 rings (SSSR count). The van der Waals surface area contributed by atoms with Crippen molar-refractivity contribution >= 4 is 5.91 Å². The molecule has 1 saturated heterocycles. The summed E-state index contributed by atoms with van der Waals surface area (Å²) in [6, 6.07) is 4.60. The Hall–Kier alpha value is -1.75. The molecule has 1 aliphatic heterocycles. The highest BCUT2D eigenvalue weighted by molar-refractivity contribution is 5.97. The fourth-order valence-corrected chi connectivity index (χ4v) is 1.94. The van der Waals surface area contributed by atoms with E-state index in [1.54, 1.807) is 12.1 Å². The van der Waals surface area contributed by atoms with Gasteiger partial charge in [-0.2, -0.15) is 0 Å². The highest BCUT2D eigenvalue weighted by Gasteiger charge is 2.32. The smallest absolute Gasteiger partial charge is 0.255 e. The van der Waals surface area contributed by atoms with Gasteiger partial charge in [-0.3, -0.25) is 4.79 Å². The third-order valence-corrected chi connectivity index (χ3v) is 3.08. The maximum Gasteiger partial charge on any atom is 0.255 e. The summed E-state index contributed by atoms with van der Waals surface area (Å²) >= 11 is 0. The Bertz CT molecular complexity index is 452. The van der Waals surface area contributed by atoms with E-state index in [4.69, 9.17) is 9.47 Å². The van der Waals surface area contributed by atoms with Gasteiger partial charge in [0.1, 0.15) is 11.5 Å². The molecule has 1 unspecified atom stereocenters. The van der Waals surface area contributed by atoms with Crippen molar-refractivity contribution in [3.63, 3.8) is 0 Å². The zero-order valence-electron chi connectivity index (χ0n) is 10.5. The van der Waals surface area contributed by atoms with Crippen molar-refractivity contribution in [2.45, 2.75) is 18.9 Å². The first-order chi connectivity index (χ1) is 8.54. The summed E-state index contributed by atoms with van der Waals surface area (Å²) in [4.78, 5) is 12.1. The molecule has 0 radical (unpaired) electrons. The minimum atomic E-state index is -0.358. The molecule has 0 bridgehead atoms. The lowest BCUT2D eigenvalue weighted by molar-refractivity contribution is 0.0887. The minimum Gasteiger partial charge on any atom is -0.507 e. The average Bonchev–Trinajstić information content (AvgIpc) is 2.75. The Morgan fingerprint density at radius 2 is 2.33 bits per heavy atom. The Balaban J connectivity index is 2.13. The predicted molar refractivity (Wildman–Crippen MR) is 66.0 cm³/mol. The molecule has 98 valence electrons. The summed E-state index contributed by atoms with van der Waals surface area (Å²) in [5.74, 6) is 0.122. The molecule has 1 aromatic rings. The van der Waals surface area contributed by atoms with Crippen LogP contribution in [0.3, 0.4) is 0 Å². The molecule has 1 fully saturated rings. The van der Waals surface area contributed by atoms with Gasteiger partial charge >= 0.3 is 0 Å². The van der Waals surface area contributed by atoms with Crippen molar-refractivity contribution in [1.29, 1.82) is 0 Å². The number of benzene rings is 1. The van der Waals surface area contributed by atoms with E-state index in [2.05, 4.69) is 5.32 Å². The SMILES string of the molecule is COc1ccc(C(=O)NC2(C)CCOC2)c(O)c1. The Kier molecular flexibility index (Phi) is 3.43. The fraction of sp³-hybridized carbons (Fsp3) is 0.462. The summed E-state index contributed by atoms with van der Waals surface area (Å²) in [5.41, 5.74) is -0.118. The molecule has 5 nitrogen and oxygen atoms in total. The van der Waals surface area contributed by atoms with E-state index in [0.717, 1.165) is 6.42 Å². The monoisotopic (exact) mass is 251 g/mol. The number of hydrogen-bond donors (Lipinski definition) is 2. The van der Waals surface area contributed by atoms with Gasteiger partial charge in [0.2, 0.25) is 0 Å². The van der Waals surface area contributed by atoms with Gasteiger partial charge in [0, 0.05) is 12.7 Å². The van der Waals surface area contributed by atoms with Crippen molar-refractivity contribution in [2.24, 2.45) is 0 Å². The first-order valence-electron chi connectivity index (χ1n) is 5.81. The van der Waals surface area contributed by atoms with Gasteiger partial charge in [-0.1, -0.05) is 0 Å². The second kappa shape index (κ2) is 4.86. The van der Waals surface area contributed by atoms with Gasteiger partial charge < -0.3 is 19.9 Å². The van der Waals surface area contributed by atoms with E-state index >= 15 is 0 Å². The quantitative estimate of drug-likeness (QED) is 0.850. The highest BCUT2D eigenvalue weighted by atomic mass is 16.5. The van der Waals surface area contributed by atoms with Crippen LogP contribution in [-0.4, -0.2) is 36.9 Å². The maximum absolute atomic E-state index is 12.1. The van der Waals surface area contributed by atoms with Crippen LogP contribution in [0.4, 0.5) is 0 Å². The van der Waals surface area contributed by atoms with Gasteiger partial charge in [0.25, 0.3) is 5.91 Å². The number of aromatic hydroxyl groups is 1. The highest BCUT2D eigenvalue weighted by Crippen LogP contribution is 2.25. The molecule has 0 aliphatic carbocycles. The number of nitrogens with one attached hydrogen (secondary N) is 1. The lowest BCUT2D eigenvalue weighted by Crippen LogP contribution is -2.46. The summed E-state index contributed by atoms with van der Waals surface area (Å²) in [7, 11) is 1.51. The van der Waals surface area contributed by atoms with Crippen LogP contribution in [0.1, 0.15) is 23.7 Å². The Morgan fingerprint density at radius 3 is 2.89 bits per heavy atom. The molecule has 1 amide bonds. The van der Waals surface area contributed by atoms with Crippen LogP contribution >= 0.6 is 0 Å². The number of carbonyl (C=O) groups excluding carboxylic acids is 1. The number of phenols is 1. The summed E-state index contributed by atoms with van der Waals surface area (Å²) in [6.45, 7) is 3.07. The van der Waals surface area contributed by atoms with Crippen molar-refractivity contribution in [1.82, 2.24) is 5.32 Å². The van der Waals surface area contributed by atoms with Crippen LogP contribution in [0.15, 0.2) is 18.2 Å². The standard InChI is InChI=1S/C13H17NO4/c1-13(5-6-18-8-13)14-12(16)10-4-3-9(17-2)7-11(10)15/h3-4,7,15H,5-6,8H2,1-2H3,(H,14,16). The molecule has 0 aromatic heterocycles. The van der Waals surface area contributed by atoms with Gasteiger partial charge in [0.05, 0.1) is 24.8 Å². The number of carbonyl (C=O) groups is 1. The number of rotatable bonds is 3. The van der Waals surface area contributed by atoms with Crippen molar-refractivity contribution in [3.05, 3.63) is 23.8 Å². The molecule has 1 aliphatic rings. The van der Waals surface area contributed by atoms with Gasteiger partial charge in [-0.15, -0.1) is 0 Å². The van der Waals surface area contributed by atoms with Gasteiger partial charge in [-0.05, 0) is 25.5 Å². The average molecular weight is 251 g/mol. The Morgan fingerprint density at radius 1 is 1.56 bits per heavy atom. The van der Waals surface area contributed by atoms with Crippen LogP contribution in [0.5, 0.6) is 11.5 Å². The molecular weight excluding hydrogens is 234 g/mol. The third-order valence-electron chi connectivity index (χ3n) is 3.08.